The van der Waals surface area contributed by atoms with E-state index in [2.05, 4.69) is 45.5 Å². The third-order valence-electron chi connectivity index (χ3n) is 7.28. The zero-order chi connectivity index (χ0) is 23.8. The fraction of sp³-hybridized carbons (Fsp3) is 0.643. The number of nitrogens with one attached hydrogen (secondary N) is 1. The van der Waals surface area contributed by atoms with Gasteiger partial charge in [-0.3, -0.25) is 4.90 Å². The Bertz CT molecular complexity index is 781. The molecule has 2 aliphatic rings. The van der Waals surface area contributed by atoms with E-state index in [0.717, 1.165) is 42.4 Å². The summed E-state index contributed by atoms with van der Waals surface area (Å²) in [5.74, 6) is 0.783. The molecule has 1 aromatic carbocycles. The molecule has 32 heavy (non-hydrogen) atoms. The average Bonchev–Trinajstić information content (AvgIpc) is 2.74. The Kier molecular flexibility index (Phi) is 10.3. The number of aromatic hydroxyl groups is 2. The zero-order valence-electron chi connectivity index (χ0n) is 21.4. The predicted octanol–water partition coefficient (Wildman–Crippen LogP) is 4.60. The van der Waals surface area contributed by atoms with Crippen LogP contribution in [-0.4, -0.2) is 55.4 Å². The van der Waals surface area contributed by atoms with E-state index in [9.17, 15) is 10.2 Å². The van der Waals surface area contributed by atoms with E-state index in [0.29, 0.717) is 5.56 Å². The lowest BCUT2D eigenvalue weighted by atomic mass is 9.73. The topological polar surface area (TPSA) is 48.1 Å². The predicted molar refractivity (Wildman–Crippen MR) is 136 cm³/mol. The van der Waals surface area contributed by atoms with Crippen molar-refractivity contribution >= 4 is 0 Å². The molecule has 0 aromatic heterocycles. The smallest absolute Gasteiger partial charge is 0.126 e. The van der Waals surface area contributed by atoms with Gasteiger partial charge in [-0.1, -0.05) is 43.6 Å². The van der Waals surface area contributed by atoms with Gasteiger partial charge in [0.25, 0.3) is 0 Å². The van der Waals surface area contributed by atoms with Crippen LogP contribution in [0.4, 0.5) is 0 Å². The monoisotopic (exact) mass is 443 g/mol. The lowest BCUT2D eigenvalue weighted by Crippen LogP contribution is -3.11. The summed E-state index contributed by atoms with van der Waals surface area (Å²) < 4.78 is 0. The molecule has 0 radical (unpaired) electrons. The second kappa shape index (κ2) is 12.5. The van der Waals surface area contributed by atoms with Gasteiger partial charge in [-0.2, -0.15) is 0 Å². The third kappa shape index (κ3) is 7.11. The summed E-state index contributed by atoms with van der Waals surface area (Å²) in [5.41, 5.74) is 5.09. The van der Waals surface area contributed by atoms with E-state index >= 15 is 0 Å². The van der Waals surface area contributed by atoms with Gasteiger partial charge in [0.2, 0.25) is 0 Å². The molecule has 0 unspecified atom stereocenters. The molecule has 1 aliphatic heterocycles. The van der Waals surface area contributed by atoms with Gasteiger partial charge in [-0.15, -0.1) is 0 Å². The molecular weight excluding hydrogens is 396 g/mol. The van der Waals surface area contributed by atoms with E-state index in [-0.39, 0.29) is 23.3 Å². The van der Waals surface area contributed by atoms with Crippen molar-refractivity contribution in [2.24, 2.45) is 5.92 Å². The number of allylic oxidation sites excluding steroid dienone is 3. The molecule has 4 nitrogen and oxygen atoms in total. The Hall–Kier alpha value is -1.78. The minimum absolute atomic E-state index is 0.0136. The summed E-state index contributed by atoms with van der Waals surface area (Å²) in [6.45, 7) is 17.6. The van der Waals surface area contributed by atoms with Crippen LogP contribution in [0.15, 0.2) is 29.9 Å². The highest BCUT2D eigenvalue weighted by Crippen LogP contribution is 2.47. The molecule has 4 heteroatoms. The highest BCUT2D eigenvalue weighted by Gasteiger charge is 2.31. The lowest BCUT2D eigenvalue weighted by Gasteiger charge is -2.32. The summed E-state index contributed by atoms with van der Waals surface area (Å²) in [6, 6.07) is 1.87. The molecule has 0 spiro atoms. The number of piperazine rings is 1. The van der Waals surface area contributed by atoms with Crippen LogP contribution in [0, 0.1) is 12.8 Å². The molecule has 1 aromatic rings. The van der Waals surface area contributed by atoms with E-state index in [1.807, 2.05) is 19.9 Å². The maximum Gasteiger partial charge on any atom is 0.126 e. The van der Waals surface area contributed by atoms with Crippen molar-refractivity contribution in [3.63, 3.8) is 0 Å². The zero-order valence-corrected chi connectivity index (χ0v) is 21.4. The van der Waals surface area contributed by atoms with Gasteiger partial charge >= 0.3 is 0 Å². The molecular formula is C28H47N2O2+. The van der Waals surface area contributed by atoms with Crippen molar-refractivity contribution < 1.29 is 15.1 Å². The van der Waals surface area contributed by atoms with E-state index in [1.54, 1.807) is 4.90 Å². The highest BCUT2D eigenvalue weighted by molar-refractivity contribution is 5.56. The SMILES string of the molecule is C=C(C)[C@@H]1CCC(C)=C[C@H]1c1c(O)cc(CCCCC)c(C)c1O.CN1CC[NH+](C)CC1. The molecule has 3 N–H and O–H groups in total. The maximum atomic E-state index is 10.8. The fourth-order valence-corrected chi connectivity index (χ4v) is 4.89. The van der Waals surface area contributed by atoms with Crippen LogP contribution in [0.25, 0.3) is 0 Å². The maximum absolute atomic E-state index is 10.8. The average molecular weight is 444 g/mol. The van der Waals surface area contributed by atoms with E-state index < -0.39 is 0 Å². The van der Waals surface area contributed by atoms with Crippen molar-refractivity contribution in [1.29, 1.82) is 0 Å². The Morgan fingerprint density at radius 1 is 1.19 bits per heavy atom. The molecule has 180 valence electrons. The summed E-state index contributed by atoms with van der Waals surface area (Å²) in [6.07, 6.45) is 8.62. The number of hydrogen-bond acceptors (Lipinski definition) is 3. The molecule has 1 heterocycles. The Labute approximate surface area is 196 Å². The van der Waals surface area contributed by atoms with Crippen LogP contribution in [-0.2, 0) is 6.42 Å². The van der Waals surface area contributed by atoms with E-state index in [1.165, 1.54) is 44.6 Å². The molecule has 3 rings (SSSR count). The molecule has 1 aliphatic carbocycles. The largest absolute Gasteiger partial charge is 0.507 e. The van der Waals surface area contributed by atoms with Gasteiger partial charge in [0.15, 0.2) is 0 Å². The van der Waals surface area contributed by atoms with Crippen LogP contribution in [0.1, 0.15) is 75.5 Å². The molecule has 0 bridgehead atoms. The van der Waals surface area contributed by atoms with Gasteiger partial charge in [0.05, 0.1) is 20.1 Å². The number of likely N-dealkylation sites (N-methyl/N-ethyl adjacent to an activating group) is 2. The minimum Gasteiger partial charge on any atom is -0.507 e. The van der Waals surface area contributed by atoms with Crippen LogP contribution in [0.5, 0.6) is 11.5 Å². The number of unbranched alkanes of at least 4 members (excludes halogenated alkanes) is 2. The first-order chi connectivity index (χ1) is 15.1. The van der Waals surface area contributed by atoms with Crippen LogP contribution in [0.2, 0.25) is 0 Å². The number of hydrogen-bond donors (Lipinski definition) is 3. The van der Waals surface area contributed by atoms with Crippen LogP contribution in [0.3, 0.4) is 0 Å². The number of aryl methyl sites for hydroxylation is 1. The number of phenols is 2. The van der Waals surface area contributed by atoms with Crippen molar-refractivity contribution in [3.8, 4) is 11.5 Å². The van der Waals surface area contributed by atoms with Gasteiger partial charge in [-0.05, 0) is 76.6 Å². The first-order valence-electron chi connectivity index (χ1n) is 12.5. The fourth-order valence-electron chi connectivity index (χ4n) is 4.89. The number of rotatable bonds is 6. The summed E-state index contributed by atoms with van der Waals surface area (Å²) in [5, 5.41) is 21.5. The first-order valence-corrected chi connectivity index (χ1v) is 12.5. The molecule has 1 saturated heterocycles. The normalized spacial score (nSPS) is 22.1. The summed E-state index contributed by atoms with van der Waals surface area (Å²) in [4.78, 5) is 4.05. The standard InChI is InChI=1S/C22H32O2.C6H14N2/c1-6-7-8-9-17-13-20(23)21(22(24)16(17)5)19-12-15(4)10-11-18(19)14(2)3;1-7-3-5-8(2)6-4-7/h12-13,18-19,23-24H,2,6-11H2,1,3-5H3;3-6H2,1-2H3/p+1/t18-,19+;/m0./s1. The van der Waals surface area contributed by atoms with Crippen molar-refractivity contribution in [2.45, 2.75) is 72.1 Å². The van der Waals surface area contributed by atoms with E-state index in [4.69, 9.17) is 0 Å². The molecule has 2 atom stereocenters. The van der Waals surface area contributed by atoms with Gasteiger partial charge in [0.1, 0.15) is 11.5 Å². The third-order valence-corrected chi connectivity index (χ3v) is 7.28. The second-order valence-corrected chi connectivity index (χ2v) is 10.2. The number of quaternary nitrogens is 1. The Balaban J connectivity index is 0.000000380. The number of benzene rings is 1. The van der Waals surface area contributed by atoms with Gasteiger partial charge in [-0.25, -0.2) is 0 Å². The second-order valence-electron chi connectivity index (χ2n) is 10.2. The molecule has 1 fully saturated rings. The van der Waals surface area contributed by atoms with Gasteiger partial charge in [0, 0.05) is 24.6 Å². The molecule has 0 saturated carbocycles. The van der Waals surface area contributed by atoms with Crippen LogP contribution >= 0.6 is 0 Å². The van der Waals surface area contributed by atoms with Crippen molar-refractivity contribution in [2.75, 3.05) is 40.3 Å². The number of nitrogens with zero attached hydrogens (tertiary/aromatic N) is 1. The first kappa shape index (κ1) is 26.5. The van der Waals surface area contributed by atoms with Crippen LogP contribution < -0.4 is 4.90 Å². The van der Waals surface area contributed by atoms with Crippen molar-refractivity contribution in [1.82, 2.24) is 4.90 Å². The Morgan fingerprint density at radius 2 is 1.84 bits per heavy atom. The minimum atomic E-state index is 0.0136. The lowest BCUT2D eigenvalue weighted by molar-refractivity contribution is -0.884. The highest BCUT2D eigenvalue weighted by atomic mass is 16.3. The number of phenolic OH excluding ortho intramolecular Hbond substituents is 2. The summed E-state index contributed by atoms with van der Waals surface area (Å²) in [7, 11) is 4.44. The molecule has 0 amide bonds. The Morgan fingerprint density at radius 3 is 2.41 bits per heavy atom. The quantitative estimate of drug-likeness (QED) is 0.445. The summed E-state index contributed by atoms with van der Waals surface area (Å²) >= 11 is 0. The van der Waals surface area contributed by atoms with Gasteiger partial charge < -0.3 is 15.1 Å². The van der Waals surface area contributed by atoms with Crippen molar-refractivity contribution in [3.05, 3.63) is 46.6 Å².